The summed E-state index contributed by atoms with van der Waals surface area (Å²) in [6.07, 6.45) is 1.71. The molecule has 3 aromatic rings. The lowest BCUT2D eigenvalue weighted by Crippen LogP contribution is -1.98. The smallest absolute Gasteiger partial charge is 0.213 e. The minimum absolute atomic E-state index is 0.550. The Kier molecular flexibility index (Phi) is 3.05. The molecule has 0 spiro atoms. The summed E-state index contributed by atoms with van der Waals surface area (Å²) in [6.45, 7) is 2.43. The number of hydrogen-bond acceptors (Lipinski definition) is 5. The average Bonchev–Trinajstić information content (AvgIpc) is 2.92. The molecule has 0 amide bonds. The molecule has 0 saturated carbocycles. The lowest BCUT2D eigenvalue weighted by atomic mass is 10.3. The quantitative estimate of drug-likeness (QED) is 0.792. The molecule has 6 heteroatoms. The lowest BCUT2D eigenvalue weighted by molar-refractivity contribution is 0.479. The summed E-state index contributed by atoms with van der Waals surface area (Å²) in [7, 11) is 0. The van der Waals surface area contributed by atoms with Gasteiger partial charge in [0.2, 0.25) is 5.89 Å². The highest BCUT2D eigenvalue weighted by Crippen LogP contribution is 2.28. The third kappa shape index (κ3) is 2.39. The first-order valence-electron chi connectivity index (χ1n) is 5.42. The molecule has 18 heavy (non-hydrogen) atoms. The largest absolute Gasteiger partial charge is 0.444 e. The molecule has 1 aromatic carbocycles. The number of nitrogens with one attached hydrogen (secondary N) is 1. The Morgan fingerprint density at radius 2 is 2.33 bits per heavy atom. The Morgan fingerprint density at radius 3 is 3.11 bits per heavy atom. The Balaban J connectivity index is 1.78. The molecule has 0 saturated heterocycles. The highest BCUT2D eigenvalue weighted by molar-refractivity contribution is 9.10. The molecule has 92 valence electrons. The van der Waals surface area contributed by atoms with Crippen LogP contribution in [0.15, 0.2) is 33.3 Å². The second-order valence-corrected chi connectivity index (χ2v) is 5.80. The first-order chi connectivity index (χ1) is 8.70. The van der Waals surface area contributed by atoms with Crippen molar-refractivity contribution >= 4 is 42.6 Å². The molecule has 2 heterocycles. The van der Waals surface area contributed by atoms with Crippen LogP contribution in [0.1, 0.15) is 11.7 Å². The van der Waals surface area contributed by atoms with E-state index in [0.29, 0.717) is 12.4 Å². The van der Waals surface area contributed by atoms with Crippen molar-refractivity contribution in [2.24, 2.45) is 0 Å². The maximum Gasteiger partial charge on any atom is 0.213 e. The van der Waals surface area contributed by atoms with E-state index in [2.05, 4.69) is 37.3 Å². The number of halogens is 1. The number of aromatic nitrogens is 2. The SMILES string of the molecule is Cc1cnc(CNc2nc3ccc(Br)cc3s2)o1. The maximum atomic E-state index is 5.39. The number of oxazole rings is 1. The third-order valence-electron chi connectivity index (χ3n) is 2.41. The van der Waals surface area contributed by atoms with Crippen LogP contribution >= 0.6 is 27.3 Å². The van der Waals surface area contributed by atoms with Crippen LogP contribution in [0.25, 0.3) is 10.2 Å². The highest BCUT2D eigenvalue weighted by atomic mass is 79.9. The standard InChI is InChI=1S/C12H10BrN3OS/c1-7-5-14-11(17-7)6-15-12-16-9-3-2-8(13)4-10(9)18-12/h2-5H,6H2,1H3,(H,15,16). The van der Waals surface area contributed by atoms with Gasteiger partial charge in [0.05, 0.1) is 23.0 Å². The Morgan fingerprint density at radius 1 is 1.44 bits per heavy atom. The van der Waals surface area contributed by atoms with Crippen molar-refractivity contribution in [2.75, 3.05) is 5.32 Å². The van der Waals surface area contributed by atoms with E-state index in [1.54, 1.807) is 17.5 Å². The summed E-state index contributed by atoms with van der Waals surface area (Å²) in [5.41, 5.74) is 0.995. The zero-order valence-electron chi connectivity index (χ0n) is 9.61. The van der Waals surface area contributed by atoms with E-state index < -0.39 is 0 Å². The van der Waals surface area contributed by atoms with Gasteiger partial charge in [-0.05, 0) is 25.1 Å². The van der Waals surface area contributed by atoms with Crippen molar-refractivity contribution in [3.8, 4) is 0 Å². The number of hydrogen-bond donors (Lipinski definition) is 1. The number of fused-ring (bicyclic) bond motifs is 1. The van der Waals surface area contributed by atoms with Gasteiger partial charge in [0.15, 0.2) is 5.13 Å². The van der Waals surface area contributed by atoms with Crippen molar-refractivity contribution in [1.29, 1.82) is 0 Å². The molecule has 0 aliphatic rings. The van der Waals surface area contributed by atoms with Gasteiger partial charge in [-0.3, -0.25) is 0 Å². The molecular formula is C12H10BrN3OS. The predicted octanol–water partition coefficient (Wildman–Crippen LogP) is 3.97. The summed E-state index contributed by atoms with van der Waals surface area (Å²) in [5.74, 6) is 1.49. The zero-order chi connectivity index (χ0) is 12.5. The normalized spacial score (nSPS) is 11.0. The fraction of sp³-hybridized carbons (Fsp3) is 0.167. The van der Waals surface area contributed by atoms with Crippen molar-refractivity contribution in [2.45, 2.75) is 13.5 Å². The van der Waals surface area contributed by atoms with Gasteiger partial charge in [0, 0.05) is 4.47 Å². The van der Waals surface area contributed by atoms with E-state index in [-0.39, 0.29) is 0 Å². The molecule has 0 aliphatic carbocycles. The van der Waals surface area contributed by atoms with Crippen LogP contribution in [0, 0.1) is 6.92 Å². The minimum Gasteiger partial charge on any atom is -0.444 e. The highest BCUT2D eigenvalue weighted by Gasteiger charge is 2.05. The second kappa shape index (κ2) is 4.70. The third-order valence-corrected chi connectivity index (χ3v) is 3.88. The molecule has 0 radical (unpaired) electrons. The van der Waals surface area contributed by atoms with Crippen molar-refractivity contribution in [1.82, 2.24) is 9.97 Å². The van der Waals surface area contributed by atoms with Gasteiger partial charge < -0.3 is 9.73 Å². The monoisotopic (exact) mass is 323 g/mol. The van der Waals surface area contributed by atoms with E-state index in [1.165, 1.54) is 0 Å². The minimum atomic E-state index is 0.550. The van der Waals surface area contributed by atoms with Gasteiger partial charge in [0.25, 0.3) is 0 Å². The van der Waals surface area contributed by atoms with Crippen LogP contribution in [-0.2, 0) is 6.54 Å². The lowest BCUT2D eigenvalue weighted by Gasteiger charge is -1.96. The van der Waals surface area contributed by atoms with Crippen molar-refractivity contribution < 1.29 is 4.42 Å². The molecule has 0 aliphatic heterocycles. The van der Waals surface area contributed by atoms with E-state index >= 15 is 0 Å². The summed E-state index contributed by atoms with van der Waals surface area (Å²) < 4.78 is 7.61. The molecule has 1 N–H and O–H groups in total. The Labute approximate surface area is 116 Å². The van der Waals surface area contributed by atoms with E-state index in [4.69, 9.17) is 4.42 Å². The first-order valence-corrected chi connectivity index (χ1v) is 7.03. The van der Waals surface area contributed by atoms with Gasteiger partial charge in [-0.25, -0.2) is 9.97 Å². The zero-order valence-corrected chi connectivity index (χ0v) is 12.0. The van der Waals surface area contributed by atoms with Crippen LogP contribution in [-0.4, -0.2) is 9.97 Å². The summed E-state index contributed by atoms with van der Waals surface area (Å²) in [5, 5.41) is 4.09. The van der Waals surface area contributed by atoms with Gasteiger partial charge in [0.1, 0.15) is 5.76 Å². The van der Waals surface area contributed by atoms with Gasteiger partial charge in [-0.2, -0.15) is 0 Å². The number of rotatable bonds is 3. The molecule has 0 unspecified atom stereocenters. The van der Waals surface area contributed by atoms with E-state index in [0.717, 1.165) is 25.6 Å². The molecule has 3 rings (SSSR count). The number of nitrogens with zero attached hydrogens (tertiary/aromatic N) is 2. The first kappa shape index (κ1) is 11.7. The van der Waals surface area contributed by atoms with Crippen LogP contribution in [0.5, 0.6) is 0 Å². The van der Waals surface area contributed by atoms with Gasteiger partial charge in [-0.15, -0.1) is 0 Å². The number of thiazole rings is 1. The summed E-state index contributed by atoms with van der Waals surface area (Å²) >= 11 is 5.07. The van der Waals surface area contributed by atoms with Crippen LogP contribution in [0.3, 0.4) is 0 Å². The second-order valence-electron chi connectivity index (χ2n) is 3.85. The van der Waals surface area contributed by atoms with Crippen LogP contribution < -0.4 is 5.32 Å². The number of aryl methyl sites for hydroxylation is 1. The van der Waals surface area contributed by atoms with Gasteiger partial charge >= 0.3 is 0 Å². The number of benzene rings is 1. The van der Waals surface area contributed by atoms with E-state index in [1.807, 2.05) is 19.1 Å². The summed E-state index contributed by atoms with van der Waals surface area (Å²) in [4.78, 5) is 8.63. The van der Waals surface area contributed by atoms with Crippen molar-refractivity contribution in [3.63, 3.8) is 0 Å². The van der Waals surface area contributed by atoms with Crippen molar-refractivity contribution in [3.05, 3.63) is 40.5 Å². The predicted molar refractivity (Wildman–Crippen MR) is 75.9 cm³/mol. The topological polar surface area (TPSA) is 51.0 Å². The molecule has 0 atom stereocenters. The number of anilines is 1. The van der Waals surface area contributed by atoms with E-state index in [9.17, 15) is 0 Å². The maximum absolute atomic E-state index is 5.39. The van der Waals surface area contributed by atoms with Gasteiger partial charge in [-0.1, -0.05) is 27.3 Å². The molecular weight excluding hydrogens is 314 g/mol. The van der Waals surface area contributed by atoms with Crippen LogP contribution in [0.2, 0.25) is 0 Å². The average molecular weight is 324 g/mol. The molecule has 4 nitrogen and oxygen atoms in total. The molecule has 0 fully saturated rings. The summed E-state index contributed by atoms with van der Waals surface area (Å²) in [6, 6.07) is 6.05. The van der Waals surface area contributed by atoms with Crippen LogP contribution in [0.4, 0.5) is 5.13 Å². The fourth-order valence-corrected chi connectivity index (χ4v) is 3.02. The Bertz CT molecular complexity index is 692. The Hall–Kier alpha value is -1.40. The molecule has 2 aromatic heterocycles. The molecule has 0 bridgehead atoms. The fourth-order valence-electron chi connectivity index (χ4n) is 1.61.